The maximum Gasteiger partial charge on any atom is 0.244 e. The van der Waals surface area contributed by atoms with E-state index in [0.29, 0.717) is 24.3 Å². The minimum absolute atomic E-state index is 0.0340. The number of rotatable bonds is 4. The lowest BCUT2D eigenvalue weighted by Crippen LogP contribution is -2.40. The lowest BCUT2D eigenvalue weighted by molar-refractivity contribution is -0.126. The fraction of sp³-hybridized carbons (Fsp3) is 0.467. The molecule has 1 aliphatic carbocycles. The van der Waals surface area contributed by atoms with E-state index >= 15 is 0 Å². The van der Waals surface area contributed by atoms with Crippen molar-refractivity contribution in [2.24, 2.45) is 5.41 Å². The van der Waals surface area contributed by atoms with Crippen LogP contribution >= 0.6 is 0 Å². The second-order valence-electron chi connectivity index (χ2n) is 5.16. The summed E-state index contributed by atoms with van der Waals surface area (Å²) in [7, 11) is 0. The number of para-hydroxylation sites is 2. The highest BCUT2D eigenvalue weighted by Crippen LogP contribution is 2.41. The molecule has 2 rings (SSSR count). The largest absolute Gasteiger partial charge is 0.489 e. The van der Waals surface area contributed by atoms with Gasteiger partial charge in [0.25, 0.3) is 0 Å². The van der Waals surface area contributed by atoms with Crippen molar-refractivity contribution < 1.29 is 9.53 Å². The minimum atomic E-state index is -0.842. The van der Waals surface area contributed by atoms with E-state index in [4.69, 9.17) is 10.00 Å². The van der Waals surface area contributed by atoms with E-state index in [1.54, 1.807) is 6.07 Å². The van der Waals surface area contributed by atoms with Gasteiger partial charge in [-0.1, -0.05) is 12.1 Å². The third kappa shape index (κ3) is 2.70. The highest BCUT2D eigenvalue weighted by atomic mass is 16.5. The van der Waals surface area contributed by atoms with E-state index < -0.39 is 5.41 Å². The van der Waals surface area contributed by atoms with Gasteiger partial charge in [0.05, 0.1) is 17.9 Å². The molecule has 1 fully saturated rings. The van der Waals surface area contributed by atoms with Crippen LogP contribution in [-0.2, 0) is 4.79 Å². The average Bonchev–Trinajstić information content (AvgIpc) is 2.30. The third-order valence-electron chi connectivity index (χ3n) is 3.35. The van der Waals surface area contributed by atoms with E-state index in [-0.39, 0.29) is 12.0 Å². The monoisotopic (exact) mass is 258 g/mol. The van der Waals surface area contributed by atoms with Crippen molar-refractivity contribution >= 4 is 11.6 Å². The molecule has 0 aliphatic heterocycles. The summed E-state index contributed by atoms with van der Waals surface area (Å²) in [5.74, 6) is 0.416. The summed E-state index contributed by atoms with van der Waals surface area (Å²) in [5.41, 5.74) is -0.215. The predicted molar refractivity (Wildman–Crippen MR) is 72.7 cm³/mol. The van der Waals surface area contributed by atoms with Gasteiger partial charge in [0.1, 0.15) is 11.2 Å². The SMILES string of the molecule is CC(C)Oc1ccccc1NC(=O)C1(C#N)CCC1. The smallest absolute Gasteiger partial charge is 0.244 e. The van der Waals surface area contributed by atoms with E-state index in [1.165, 1.54) is 0 Å². The number of hydrogen-bond acceptors (Lipinski definition) is 3. The molecule has 0 aromatic heterocycles. The molecule has 4 heteroatoms. The quantitative estimate of drug-likeness (QED) is 0.902. The van der Waals surface area contributed by atoms with Crippen LogP contribution < -0.4 is 10.1 Å². The summed E-state index contributed by atoms with van der Waals surface area (Å²) in [6.07, 6.45) is 2.25. The van der Waals surface area contributed by atoms with Crippen molar-refractivity contribution in [1.82, 2.24) is 0 Å². The zero-order valence-corrected chi connectivity index (χ0v) is 11.3. The molecule has 1 aromatic rings. The van der Waals surface area contributed by atoms with Crippen molar-refractivity contribution in [1.29, 1.82) is 5.26 Å². The molecule has 1 aromatic carbocycles. The standard InChI is InChI=1S/C15H18N2O2/c1-11(2)19-13-7-4-3-6-12(13)17-14(18)15(10-16)8-5-9-15/h3-4,6-7,11H,5,8-9H2,1-2H3,(H,17,18). The first-order valence-corrected chi connectivity index (χ1v) is 6.56. The first kappa shape index (κ1) is 13.4. The summed E-state index contributed by atoms with van der Waals surface area (Å²) in [4.78, 5) is 12.2. The maximum atomic E-state index is 12.2. The molecule has 0 bridgehead atoms. The summed E-state index contributed by atoms with van der Waals surface area (Å²) < 4.78 is 5.65. The van der Waals surface area contributed by atoms with Crippen LogP contribution in [0, 0.1) is 16.7 Å². The second-order valence-corrected chi connectivity index (χ2v) is 5.16. The van der Waals surface area contributed by atoms with Gasteiger partial charge in [-0.15, -0.1) is 0 Å². The number of nitrogens with one attached hydrogen (secondary N) is 1. The van der Waals surface area contributed by atoms with E-state index in [9.17, 15) is 4.79 Å². The van der Waals surface area contributed by atoms with Crippen LogP contribution in [0.3, 0.4) is 0 Å². The number of amides is 1. The highest BCUT2D eigenvalue weighted by Gasteiger charge is 2.44. The van der Waals surface area contributed by atoms with Crippen molar-refractivity contribution in [3.63, 3.8) is 0 Å². The molecule has 1 saturated carbocycles. The van der Waals surface area contributed by atoms with Crippen molar-refractivity contribution in [3.8, 4) is 11.8 Å². The third-order valence-corrected chi connectivity index (χ3v) is 3.35. The number of carbonyl (C=O) groups excluding carboxylic acids is 1. The van der Waals surface area contributed by atoms with Crippen LogP contribution in [0.4, 0.5) is 5.69 Å². The number of nitrogens with zero attached hydrogens (tertiary/aromatic N) is 1. The molecule has 1 aliphatic rings. The summed E-state index contributed by atoms with van der Waals surface area (Å²) in [6.45, 7) is 3.86. The van der Waals surface area contributed by atoms with Gasteiger partial charge < -0.3 is 10.1 Å². The molecule has 0 radical (unpaired) electrons. The molecule has 0 heterocycles. The van der Waals surface area contributed by atoms with Gasteiger partial charge in [0.2, 0.25) is 5.91 Å². The molecule has 1 N–H and O–H groups in total. The average molecular weight is 258 g/mol. The van der Waals surface area contributed by atoms with Gasteiger partial charge in [0.15, 0.2) is 0 Å². The molecule has 0 atom stereocenters. The number of ether oxygens (including phenoxy) is 1. The Hall–Kier alpha value is -2.02. The van der Waals surface area contributed by atoms with Crippen LogP contribution in [-0.4, -0.2) is 12.0 Å². The van der Waals surface area contributed by atoms with E-state index in [2.05, 4.69) is 11.4 Å². The first-order valence-electron chi connectivity index (χ1n) is 6.56. The van der Waals surface area contributed by atoms with Crippen LogP contribution in [0.1, 0.15) is 33.1 Å². The van der Waals surface area contributed by atoms with Gasteiger partial charge in [-0.3, -0.25) is 4.79 Å². The van der Waals surface area contributed by atoms with Crippen LogP contribution in [0.2, 0.25) is 0 Å². The van der Waals surface area contributed by atoms with Crippen LogP contribution in [0.25, 0.3) is 0 Å². The Kier molecular flexibility index (Phi) is 3.75. The maximum absolute atomic E-state index is 12.2. The second kappa shape index (κ2) is 5.31. The fourth-order valence-electron chi connectivity index (χ4n) is 2.09. The lowest BCUT2D eigenvalue weighted by Gasteiger charge is -2.33. The Morgan fingerprint density at radius 3 is 2.63 bits per heavy atom. The topological polar surface area (TPSA) is 62.1 Å². The molecular weight excluding hydrogens is 240 g/mol. The first-order chi connectivity index (χ1) is 9.07. The number of benzene rings is 1. The number of hydrogen-bond donors (Lipinski definition) is 1. The van der Waals surface area contributed by atoms with Crippen molar-refractivity contribution in [3.05, 3.63) is 24.3 Å². The van der Waals surface area contributed by atoms with E-state index in [1.807, 2.05) is 32.0 Å². The number of nitriles is 1. The normalized spacial score (nSPS) is 16.3. The lowest BCUT2D eigenvalue weighted by atomic mass is 9.69. The number of anilines is 1. The minimum Gasteiger partial charge on any atom is -0.489 e. The van der Waals surface area contributed by atoms with Gasteiger partial charge >= 0.3 is 0 Å². The van der Waals surface area contributed by atoms with E-state index in [0.717, 1.165) is 6.42 Å². The highest BCUT2D eigenvalue weighted by molar-refractivity contribution is 5.98. The predicted octanol–water partition coefficient (Wildman–Crippen LogP) is 3.11. The molecule has 19 heavy (non-hydrogen) atoms. The summed E-state index contributed by atoms with van der Waals surface area (Å²) in [6, 6.07) is 9.44. The van der Waals surface area contributed by atoms with Crippen LogP contribution in [0.15, 0.2) is 24.3 Å². The zero-order valence-electron chi connectivity index (χ0n) is 11.3. The summed E-state index contributed by atoms with van der Waals surface area (Å²) >= 11 is 0. The Labute approximate surface area is 113 Å². The molecule has 0 unspecified atom stereocenters. The van der Waals surface area contributed by atoms with Gasteiger partial charge in [-0.25, -0.2) is 0 Å². The Bertz CT molecular complexity index is 513. The van der Waals surface area contributed by atoms with Gasteiger partial charge in [0, 0.05) is 0 Å². The summed E-state index contributed by atoms with van der Waals surface area (Å²) in [5, 5.41) is 12.0. The Morgan fingerprint density at radius 1 is 1.42 bits per heavy atom. The zero-order chi connectivity index (χ0) is 13.9. The molecule has 1 amide bonds. The molecule has 100 valence electrons. The van der Waals surface area contributed by atoms with Gasteiger partial charge in [-0.05, 0) is 45.2 Å². The van der Waals surface area contributed by atoms with Crippen molar-refractivity contribution in [2.75, 3.05) is 5.32 Å². The Morgan fingerprint density at radius 2 is 2.11 bits per heavy atom. The number of carbonyl (C=O) groups is 1. The van der Waals surface area contributed by atoms with Crippen molar-refractivity contribution in [2.45, 2.75) is 39.2 Å². The molecular formula is C15H18N2O2. The molecule has 0 saturated heterocycles. The van der Waals surface area contributed by atoms with Gasteiger partial charge in [-0.2, -0.15) is 5.26 Å². The Balaban J connectivity index is 2.15. The molecule has 4 nitrogen and oxygen atoms in total. The fourth-order valence-corrected chi connectivity index (χ4v) is 2.09. The molecule has 0 spiro atoms. The van der Waals surface area contributed by atoms with Crippen LogP contribution in [0.5, 0.6) is 5.75 Å².